The van der Waals surface area contributed by atoms with Crippen molar-refractivity contribution in [3.8, 4) is 0 Å². The molecule has 8 nitrogen and oxygen atoms in total. The van der Waals surface area contributed by atoms with E-state index < -0.39 is 47.0 Å². The standard InChI is InChI=1S/C8H19NO7S/c1-2-8(4-10,5-11)9-7(13)6(12)3-17(14,15)16/h6-7,9-13H,2-5H2,1H3,(H,14,15,16). The number of aliphatic hydroxyl groups is 4. The first kappa shape index (κ1) is 16.7. The lowest BCUT2D eigenvalue weighted by molar-refractivity contribution is -0.0354. The van der Waals surface area contributed by atoms with Crippen LogP contribution in [-0.4, -0.2) is 70.2 Å². The summed E-state index contributed by atoms with van der Waals surface area (Å²) in [5.41, 5.74) is -1.22. The van der Waals surface area contributed by atoms with Crippen LogP contribution in [0.3, 0.4) is 0 Å². The molecule has 0 aliphatic carbocycles. The second-order valence-corrected chi connectivity index (χ2v) is 5.35. The van der Waals surface area contributed by atoms with Crippen LogP contribution in [0.15, 0.2) is 0 Å². The normalized spacial score (nSPS) is 16.8. The SMILES string of the molecule is CCC(CO)(CO)NC(O)C(O)CS(=O)(=O)O. The van der Waals surface area contributed by atoms with E-state index in [9.17, 15) is 18.6 Å². The molecule has 0 radical (unpaired) electrons. The molecule has 6 N–H and O–H groups in total. The van der Waals surface area contributed by atoms with Gasteiger partial charge >= 0.3 is 0 Å². The molecule has 2 atom stereocenters. The first-order valence-corrected chi connectivity index (χ1v) is 6.61. The molecular formula is C8H19NO7S. The van der Waals surface area contributed by atoms with Gasteiger partial charge in [-0.25, -0.2) is 0 Å². The third-order valence-corrected chi connectivity index (χ3v) is 3.24. The van der Waals surface area contributed by atoms with Crippen molar-refractivity contribution in [2.75, 3.05) is 19.0 Å². The van der Waals surface area contributed by atoms with Crippen LogP contribution in [0.25, 0.3) is 0 Å². The Morgan fingerprint density at radius 1 is 1.24 bits per heavy atom. The van der Waals surface area contributed by atoms with E-state index in [1.165, 1.54) is 0 Å². The molecule has 104 valence electrons. The Bertz CT molecular complexity index is 306. The molecule has 0 aromatic carbocycles. The molecule has 2 unspecified atom stereocenters. The van der Waals surface area contributed by atoms with E-state index in [4.69, 9.17) is 14.8 Å². The molecule has 0 saturated carbocycles. The Balaban J connectivity index is 4.56. The second kappa shape index (κ2) is 6.59. The summed E-state index contributed by atoms with van der Waals surface area (Å²) in [5.74, 6) is -1.04. The molecule has 0 heterocycles. The predicted molar refractivity (Wildman–Crippen MR) is 58.8 cm³/mol. The zero-order valence-corrected chi connectivity index (χ0v) is 10.3. The summed E-state index contributed by atoms with van der Waals surface area (Å²) in [4.78, 5) is 0. The number of hydrogen-bond acceptors (Lipinski definition) is 7. The number of rotatable bonds is 8. The average molecular weight is 273 g/mol. The summed E-state index contributed by atoms with van der Waals surface area (Å²) >= 11 is 0. The van der Waals surface area contributed by atoms with Crippen molar-refractivity contribution in [2.24, 2.45) is 0 Å². The molecule has 0 aromatic rings. The smallest absolute Gasteiger partial charge is 0.267 e. The van der Waals surface area contributed by atoms with Crippen LogP contribution in [0, 0.1) is 0 Å². The molecule has 0 aromatic heterocycles. The summed E-state index contributed by atoms with van der Waals surface area (Å²) in [6, 6.07) is 0. The van der Waals surface area contributed by atoms with Crippen LogP contribution in [0.4, 0.5) is 0 Å². The van der Waals surface area contributed by atoms with Gasteiger partial charge in [-0.05, 0) is 6.42 Å². The summed E-state index contributed by atoms with van der Waals surface area (Å²) in [6.45, 7) is 0.618. The van der Waals surface area contributed by atoms with Gasteiger partial charge < -0.3 is 20.4 Å². The molecule has 17 heavy (non-hydrogen) atoms. The summed E-state index contributed by atoms with van der Waals surface area (Å²) in [6.07, 6.45) is -3.22. The Morgan fingerprint density at radius 3 is 2.00 bits per heavy atom. The average Bonchev–Trinajstić information content (AvgIpc) is 2.23. The van der Waals surface area contributed by atoms with E-state index in [0.717, 1.165) is 0 Å². The van der Waals surface area contributed by atoms with E-state index in [2.05, 4.69) is 5.32 Å². The maximum Gasteiger partial charge on any atom is 0.267 e. The van der Waals surface area contributed by atoms with Gasteiger partial charge in [0, 0.05) is 0 Å². The van der Waals surface area contributed by atoms with Crippen molar-refractivity contribution in [3.05, 3.63) is 0 Å². The Morgan fingerprint density at radius 2 is 1.71 bits per heavy atom. The minimum Gasteiger partial charge on any atom is -0.394 e. The van der Waals surface area contributed by atoms with Gasteiger partial charge in [0.15, 0.2) is 0 Å². The van der Waals surface area contributed by atoms with E-state index in [-0.39, 0.29) is 6.42 Å². The largest absolute Gasteiger partial charge is 0.394 e. The van der Waals surface area contributed by atoms with Gasteiger partial charge in [-0.15, -0.1) is 0 Å². The quantitative estimate of drug-likeness (QED) is 0.206. The highest BCUT2D eigenvalue weighted by atomic mass is 32.2. The van der Waals surface area contributed by atoms with Crippen molar-refractivity contribution >= 4 is 10.1 Å². The maximum atomic E-state index is 10.5. The lowest BCUT2D eigenvalue weighted by Crippen LogP contribution is -2.59. The van der Waals surface area contributed by atoms with Gasteiger partial charge in [-0.2, -0.15) is 8.42 Å². The molecule has 0 spiro atoms. The zero-order valence-electron chi connectivity index (χ0n) is 9.44. The molecule has 0 amide bonds. The zero-order chi connectivity index (χ0) is 13.7. The number of aliphatic hydroxyl groups excluding tert-OH is 4. The van der Waals surface area contributed by atoms with Crippen LogP contribution in [0.5, 0.6) is 0 Å². The summed E-state index contributed by atoms with van der Waals surface area (Å²) in [5, 5.41) is 39.2. The van der Waals surface area contributed by atoms with Crippen molar-refractivity contribution < 1.29 is 33.4 Å². The van der Waals surface area contributed by atoms with E-state index in [1.807, 2.05) is 0 Å². The van der Waals surface area contributed by atoms with Crippen molar-refractivity contribution in [2.45, 2.75) is 31.2 Å². The van der Waals surface area contributed by atoms with E-state index >= 15 is 0 Å². The molecule has 9 heteroatoms. The van der Waals surface area contributed by atoms with Gasteiger partial charge in [-0.1, -0.05) is 6.92 Å². The molecular weight excluding hydrogens is 254 g/mol. The van der Waals surface area contributed by atoms with Crippen LogP contribution in [0.2, 0.25) is 0 Å². The summed E-state index contributed by atoms with van der Waals surface area (Å²) in [7, 11) is -4.42. The van der Waals surface area contributed by atoms with Crippen molar-refractivity contribution in [1.82, 2.24) is 5.32 Å². The lowest BCUT2D eigenvalue weighted by atomic mass is 9.98. The van der Waals surface area contributed by atoms with Gasteiger partial charge in [0.2, 0.25) is 0 Å². The third kappa shape index (κ3) is 5.73. The second-order valence-electron chi connectivity index (χ2n) is 3.86. The van der Waals surface area contributed by atoms with Crippen LogP contribution >= 0.6 is 0 Å². The lowest BCUT2D eigenvalue weighted by Gasteiger charge is -2.33. The molecule has 0 bridgehead atoms. The van der Waals surface area contributed by atoms with Gasteiger partial charge in [0.05, 0.1) is 18.8 Å². The third-order valence-electron chi connectivity index (χ3n) is 2.48. The minimum absolute atomic E-state index is 0.246. The molecule has 0 rings (SSSR count). The monoisotopic (exact) mass is 273 g/mol. The first-order valence-electron chi connectivity index (χ1n) is 5.00. The highest BCUT2D eigenvalue weighted by Gasteiger charge is 2.32. The highest BCUT2D eigenvalue weighted by molar-refractivity contribution is 7.85. The van der Waals surface area contributed by atoms with Gasteiger partial charge in [0.25, 0.3) is 10.1 Å². The van der Waals surface area contributed by atoms with Gasteiger partial charge in [0.1, 0.15) is 18.1 Å². The van der Waals surface area contributed by atoms with E-state index in [0.29, 0.717) is 0 Å². The molecule has 0 aliphatic rings. The maximum absolute atomic E-state index is 10.5. The fourth-order valence-electron chi connectivity index (χ4n) is 1.18. The molecule has 0 fully saturated rings. The molecule has 0 saturated heterocycles. The van der Waals surface area contributed by atoms with Crippen molar-refractivity contribution in [1.29, 1.82) is 0 Å². The Labute approximate surface area is 99.6 Å². The fraction of sp³-hybridized carbons (Fsp3) is 1.00. The Hall–Kier alpha value is -0.290. The number of nitrogens with one attached hydrogen (secondary N) is 1. The Kier molecular flexibility index (Phi) is 6.48. The van der Waals surface area contributed by atoms with Crippen molar-refractivity contribution in [3.63, 3.8) is 0 Å². The number of hydrogen-bond donors (Lipinski definition) is 6. The van der Waals surface area contributed by atoms with Crippen LogP contribution in [0.1, 0.15) is 13.3 Å². The topological polar surface area (TPSA) is 147 Å². The fourth-order valence-corrected chi connectivity index (χ4v) is 1.80. The highest BCUT2D eigenvalue weighted by Crippen LogP contribution is 2.10. The summed E-state index contributed by atoms with van der Waals surface area (Å²) < 4.78 is 29.4. The predicted octanol–water partition coefficient (Wildman–Crippen LogP) is -2.72. The van der Waals surface area contributed by atoms with E-state index in [1.54, 1.807) is 6.92 Å². The first-order chi connectivity index (χ1) is 7.69. The van der Waals surface area contributed by atoms with Crippen LogP contribution in [-0.2, 0) is 10.1 Å². The molecule has 0 aliphatic heterocycles. The minimum atomic E-state index is -4.42. The van der Waals surface area contributed by atoms with Crippen LogP contribution < -0.4 is 5.32 Å². The van der Waals surface area contributed by atoms with Gasteiger partial charge in [-0.3, -0.25) is 9.87 Å².